The Morgan fingerprint density at radius 1 is 1.11 bits per heavy atom. The molecule has 0 rings (SSSR count). The van der Waals surface area contributed by atoms with Crippen LogP contribution in [0.3, 0.4) is 0 Å². The second-order valence-electron chi connectivity index (χ2n) is 5.62. The molecule has 0 saturated heterocycles. The zero-order chi connectivity index (χ0) is 14.9. The van der Waals surface area contributed by atoms with Gasteiger partial charge in [-0.15, -0.1) is 0 Å². The lowest BCUT2D eigenvalue weighted by Gasteiger charge is -2.25. The lowest BCUT2D eigenvalue weighted by atomic mass is 9.87. The van der Waals surface area contributed by atoms with Gasteiger partial charge in [0.1, 0.15) is 6.54 Å². The maximum absolute atomic E-state index is 11.9. The highest BCUT2D eigenvalue weighted by Crippen LogP contribution is 2.22. The monoisotopic (exact) mass is 282 g/mol. The lowest BCUT2D eigenvalue weighted by Crippen LogP contribution is -2.41. The summed E-state index contributed by atoms with van der Waals surface area (Å²) in [7, 11) is 0. The van der Waals surface area contributed by atoms with Crippen LogP contribution in [0.15, 0.2) is 0 Å². The van der Waals surface area contributed by atoms with E-state index < -0.39 is 18.6 Å². The molecule has 19 heavy (non-hydrogen) atoms. The van der Waals surface area contributed by atoms with Crippen molar-refractivity contribution in [3.8, 4) is 0 Å². The van der Waals surface area contributed by atoms with Crippen LogP contribution in [0, 0.1) is 5.41 Å². The number of carbonyl (C=O) groups excluding carboxylic acids is 1. The van der Waals surface area contributed by atoms with Crippen molar-refractivity contribution in [3.63, 3.8) is 0 Å². The summed E-state index contributed by atoms with van der Waals surface area (Å²) >= 11 is 0. The van der Waals surface area contributed by atoms with Gasteiger partial charge in [-0.25, -0.2) is 0 Å². The van der Waals surface area contributed by atoms with Crippen LogP contribution in [-0.2, 0) is 4.79 Å². The summed E-state index contributed by atoms with van der Waals surface area (Å²) in [5.74, 6) is -0.623. The van der Waals surface area contributed by atoms with Crippen LogP contribution in [0.2, 0.25) is 0 Å². The molecular weight excluding hydrogens is 257 g/mol. The fourth-order valence-electron chi connectivity index (χ4n) is 1.72. The van der Waals surface area contributed by atoms with E-state index in [1.54, 1.807) is 0 Å². The Labute approximate surface area is 113 Å². The van der Waals surface area contributed by atoms with Gasteiger partial charge in [0.25, 0.3) is 0 Å². The molecule has 6 heteroatoms. The van der Waals surface area contributed by atoms with Crippen LogP contribution in [0.25, 0.3) is 0 Å². The first-order valence-corrected chi connectivity index (χ1v) is 6.70. The maximum Gasteiger partial charge on any atom is 0.405 e. The largest absolute Gasteiger partial charge is 0.405 e. The first kappa shape index (κ1) is 18.2. The Morgan fingerprint density at radius 2 is 1.74 bits per heavy atom. The standard InChI is InChI=1S/C13H25F3N2O/c1-4-5-6-7-12(2,3)9-17-8-11(19)18-10-13(14,15)16/h17H,4-10H2,1-3H3,(H,18,19). The third-order valence-electron chi connectivity index (χ3n) is 2.83. The van der Waals surface area contributed by atoms with Crippen molar-refractivity contribution in [2.75, 3.05) is 19.6 Å². The normalized spacial score (nSPS) is 12.5. The Hall–Kier alpha value is -0.780. The van der Waals surface area contributed by atoms with E-state index in [1.165, 1.54) is 6.42 Å². The maximum atomic E-state index is 11.9. The van der Waals surface area contributed by atoms with Gasteiger partial charge in [0.05, 0.1) is 6.54 Å². The molecule has 1 amide bonds. The Balaban J connectivity index is 3.73. The van der Waals surface area contributed by atoms with Gasteiger partial charge in [-0.2, -0.15) is 13.2 Å². The van der Waals surface area contributed by atoms with E-state index in [2.05, 4.69) is 26.1 Å². The minimum absolute atomic E-state index is 0.0550. The fraction of sp³-hybridized carbons (Fsp3) is 0.923. The molecule has 0 fully saturated rings. The van der Waals surface area contributed by atoms with Crippen LogP contribution < -0.4 is 10.6 Å². The van der Waals surface area contributed by atoms with E-state index >= 15 is 0 Å². The van der Waals surface area contributed by atoms with Gasteiger partial charge in [-0.05, 0) is 11.8 Å². The predicted octanol–water partition coefficient (Wildman–Crippen LogP) is 2.86. The number of alkyl halides is 3. The van der Waals surface area contributed by atoms with Crippen LogP contribution in [0.1, 0.15) is 46.5 Å². The van der Waals surface area contributed by atoms with Gasteiger partial charge in [-0.1, -0.05) is 40.0 Å². The summed E-state index contributed by atoms with van der Waals surface area (Å²) < 4.78 is 35.6. The molecule has 0 aromatic carbocycles. The van der Waals surface area contributed by atoms with Crippen LogP contribution >= 0.6 is 0 Å². The van der Waals surface area contributed by atoms with Crippen molar-refractivity contribution in [3.05, 3.63) is 0 Å². The van der Waals surface area contributed by atoms with Gasteiger partial charge in [-0.3, -0.25) is 4.79 Å². The molecular formula is C13H25F3N2O. The summed E-state index contributed by atoms with van der Waals surface area (Å²) in [5.41, 5.74) is 0.0550. The second kappa shape index (κ2) is 8.40. The van der Waals surface area contributed by atoms with Crippen molar-refractivity contribution >= 4 is 5.91 Å². The van der Waals surface area contributed by atoms with Gasteiger partial charge in [0, 0.05) is 6.54 Å². The van der Waals surface area contributed by atoms with E-state index in [0.29, 0.717) is 6.54 Å². The van der Waals surface area contributed by atoms with Crippen LogP contribution in [0.4, 0.5) is 13.2 Å². The van der Waals surface area contributed by atoms with Crippen molar-refractivity contribution in [1.82, 2.24) is 10.6 Å². The van der Waals surface area contributed by atoms with Crippen molar-refractivity contribution in [2.24, 2.45) is 5.41 Å². The van der Waals surface area contributed by atoms with E-state index in [-0.39, 0.29) is 12.0 Å². The zero-order valence-corrected chi connectivity index (χ0v) is 12.0. The number of unbranched alkanes of at least 4 members (excludes halogenated alkanes) is 2. The Kier molecular flexibility index (Phi) is 8.06. The average Bonchev–Trinajstić information content (AvgIpc) is 2.25. The molecule has 0 aliphatic carbocycles. The minimum atomic E-state index is -4.35. The highest BCUT2D eigenvalue weighted by molar-refractivity contribution is 5.77. The van der Waals surface area contributed by atoms with Crippen molar-refractivity contribution in [1.29, 1.82) is 0 Å². The summed E-state index contributed by atoms with van der Waals surface area (Å²) in [5, 5.41) is 4.74. The third kappa shape index (κ3) is 12.0. The van der Waals surface area contributed by atoms with Crippen molar-refractivity contribution < 1.29 is 18.0 Å². The summed E-state index contributed by atoms with van der Waals surface area (Å²) in [6.45, 7) is 5.58. The van der Waals surface area contributed by atoms with Crippen LogP contribution in [0.5, 0.6) is 0 Å². The number of halogens is 3. The quantitative estimate of drug-likeness (QED) is 0.638. The number of nitrogens with one attached hydrogen (secondary N) is 2. The molecule has 0 unspecified atom stereocenters. The topological polar surface area (TPSA) is 41.1 Å². The fourth-order valence-corrected chi connectivity index (χ4v) is 1.72. The van der Waals surface area contributed by atoms with Gasteiger partial charge >= 0.3 is 6.18 Å². The highest BCUT2D eigenvalue weighted by atomic mass is 19.4. The molecule has 2 N–H and O–H groups in total. The number of hydrogen-bond acceptors (Lipinski definition) is 2. The number of amides is 1. The molecule has 0 atom stereocenters. The molecule has 0 aromatic heterocycles. The van der Waals surface area contributed by atoms with E-state index in [9.17, 15) is 18.0 Å². The molecule has 0 aliphatic heterocycles. The molecule has 0 saturated carbocycles. The predicted molar refractivity (Wildman–Crippen MR) is 69.9 cm³/mol. The summed E-state index contributed by atoms with van der Waals surface area (Å²) in [6.07, 6.45) is 0.150. The van der Waals surface area contributed by atoms with Gasteiger partial charge in [0.2, 0.25) is 5.91 Å². The SMILES string of the molecule is CCCCCC(C)(C)CNCC(=O)NCC(F)(F)F. The highest BCUT2D eigenvalue weighted by Gasteiger charge is 2.27. The van der Waals surface area contributed by atoms with Crippen molar-refractivity contribution in [2.45, 2.75) is 52.6 Å². The summed E-state index contributed by atoms with van der Waals surface area (Å²) in [6, 6.07) is 0. The smallest absolute Gasteiger partial charge is 0.346 e. The first-order chi connectivity index (χ1) is 8.66. The molecule has 0 heterocycles. The van der Waals surface area contributed by atoms with Gasteiger partial charge in [0.15, 0.2) is 0 Å². The Morgan fingerprint density at radius 3 is 2.26 bits per heavy atom. The second-order valence-corrected chi connectivity index (χ2v) is 5.62. The zero-order valence-electron chi connectivity index (χ0n) is 12.0. The van der Waals surface area contributed by atoms with Crippen LogP contribution in [-0.4, -0.2) is 31.7 Å². The third-order valence-corrected chi connectivity index (χ3v) is 2.83. The minimum Gasteiger partial charge on any atom is -0.346 e. The molecule has 0 aromatic rings. The van der Waals surface area contributed by atoms with E-state index in [4.69, 9.17) is 0 Å². The Bertz CT molecular complexity index is 265. The molecule has 3 nitrogen and oxygen atoms in total. The van der Waals surface area contributed by atoms with E-state index in [0.717, 1.165) is 19.3 Å². The number of carbonyl (C=O) groups is 1. The molecule has 0 spiro atoms. The molecule has 0 aliphatic rings. The molecule has 0 bridgehead atoms. The van der Waals surface area contributed by atoms with E-state index in [1.807, 2.05) is 5.32 Å². The number of rotatable bonds is 9. The first-order valence-electron chi connectivity index (χ1n) is 6.70. The average molecular weight is 282 g/mol. The number of hydrogen-bond donors (Lipinski definition) is 2. The molecule has 114 valence electrons. The van der Waals surface area contributed by atoms with Gasteiger partial charge < -0.3 is 10.6 Å². The summed E-state index contributed by atoms with van der Waals surface area (Å²) in [4.78, 5) is 11.2. The lowest BCUT2D eigenvalue weighted by molar-refractivity contribution is -0.137. The molecule has 0 radical (unpaired) electrons.